The van der Waals surface area contributed by atoms with Crippen molar-refractivity contribution in [2.45, 2.75) is 44.1 Å². The van der Waals surface area contributed by atoms with Gasteiger partial charge < -0.3 is 51.4 Å². The van der Waals surface area contributed by atoms with Crippen LogP contribution in [0, 0.1) is 0 Å². The first kappa shape index (κ1) is 26.5. The summed E-state index contributed by atoms with van der Waals surface area (Å²) in [7, 11) is 1.59. The fraction of sp³-hybridized carbons (Fsp3) is 0.370. The van der Waals surface area contributed by atoms with E-state index in [2.05, 4.69) is 33.2 Å². The summed E-state index contributed by atoms with van der Waals surface area (Å²) in [4.78, 5) is 0. The van der Waals surface area contributed by atoms with Crippen LogP contribution in [-0.2, 0) is 24.3 Å². The molecule has 2 aromatic heterocycles. The maximum absolute atomic E-state index is 10.3. The molecule has 7 rings (SSSR count). The van der Waals surface area contributed by atoms with Gasteiger partial charge in [-0.05, 0) is 35.2 Å². The molecule has 210 valence electrons. The maximum atomic E-state index is 10.3. The van der Waals surface area contributed by atoms with Gasteiger partial charge in [-0.3, -0.25) is 0 Å². The number of hydrogen-bond acceptors (Lipinski definition) is 10. The van der Waals surface area contributed by atoms with Gasteiger partial charge in [-0.25, -0.2) is 4.68 Å². The van der Waals surface area contributed by atoms with Gasteiger partial charge in [0, 0.05) is 12.5 Å². The average molecular weight is 571 g/mol. The molecule has 2 aromatic carbocycles. The molecule has 0 aliphatic carbocycles. The van der Waals surface area contributed by atoms with Crippen molar-refractivity contribution in [3.63, 3.8) is 0 Å². The van der Waals surface area contributed by atoms with Crippen LogP contribution in [0.3, 0.4) is 0 Å². The summed E-state index contributed by atoms with van der Waals surface area (Å²) in [6, 6.07) is 10.1. The fourth-order valence-corrected chi connectivity index (χ4v) is 5.46. The van der Waals surface area contributed by atoms with Gasteiger partial charge in [0.05, 0.1) is 30.9 Å². The van der Waals surface area contributed by atoms with Gasteiger partial charge in [0.1, 0.15) is 30.6 Å². The van der Waals surface area contributed by atoms with Gasteiger partial charge in [0.2, 0.25) is 12.5 Å². The lowest BCUT2D eigenvalue weighted by Gasteiger charge is -2.17. The number of methoxy groups -OCH3 is 1. The highest BCUT2D eigenvalue weighted by Crippen LogP contribution is 2.42. The van der Waals surface area contributed by atoms with Crippen molar-refractivity contribution in [3.8, 4) is 34.3 Å². The third-order valence-corrected chi connectivity index (χ3v) is 7.50. The second-order valence-corrected chi connectivity index (χ2v) is 9.77. The average Bonchev–Trinajstić information content (AvgIpc) is 3.69. The Morgan fingerprint density at radius 2 is 1.95 bits per heavy atom. The van der Waals surface area contributed by atoms with Gasteiger partial charge in [-0.15, -0.1) is 5.10 Å². The minimum Gasteiger partial charge on any atom is -1.00 e. The highest BCUT2D eigenvalue weighted by molar-refractivity contribution is 5.91. The molecule has 5 heterocycles. The van der Waals surface area contributed by atoms with Crippen molar-refractivity contribution in [2.24, 2.45) is 0 Å². The number of aliphatic hydroxyl groups is 3. The topological polar surface area (TPSA) is 141 Å². The summed E-state index contributed by atoms with van der Waals surface area (Å²) in [6.07, 6.45) is 0.187. The van der Waals surface area contributed by atoms with Crippen LogP contribution in [0.4, 0.5) is 0 Å². The molecule has 40 heavy (non-hydrogen) atoms. The predicted octanol–water partition coefficient (Wildman–Crippen LogP) is -2.13. The Hall–Kier alpha value is -3.68. The molecule has 0 radical (unpaired) electrons. The van der Waals surface area contributed by atoms with Crippen LogP contribution in [-0.4, -0.2) is 69.1 Å². The predicted molar refractivity (Wildman–Crippen MR) is 133 cm³/mol. The molecule has 3 N–H and O–H groups in total. The van der Waals surface area contributed by atoms with Crippen molar-refractivity contribution in [3.05, 3.63) is 54.0 Å². The number of rotatable bonds is 6. The second kappa shape index (κ2) is 10.4. The minimum atomic E-state index is -1.25. The molecule has 0 unspecified atom stereocenters. The van der Waals surface area contributed by atoms with E-state index in [1.165, 1.54) is 10.2 Å². The third-order valence-electron chi connectivity index (χ3n) is 7.50. The number of benzene rings is 2. The number of halogens is 1. The third kappa shape index (κ3) is 4.28. The van der Waals surface area contributed by atoms with E-state index in [9.17, 15) is 15.3 Å². The van der Waals surface area contributed by atoms with Crippen molar-refractivity contribution in [1.82, 2.24) is 15.0 Å². The zero-order valence-corrected chi connectivity index (χ0v) is 22.2. The largest absolute Gasteiger partial charge is 1.00 e. The van der Waals surface area contributed by atoms with E-state index in [0.29, 0.717) is 17.2 Å². The van der Waals surface area contributed by atoms with Crippen LogP contribution in [0.25, 0.3) is 22.0 Å². The molecule has 0 bridgehead atoms. The van der Waals surface area contributed by atoms with E-state index >= 15 is 0 Å². The number of aliphatic hydroxyl groups excluding tert-OH is 3. The number of ether oxygens (including phenoxy) is 5. The minimum absolute atomic E-state index is 0. The second-order valence-electron chi connectivity index (χ2n) is 9.77. The smallest absolute Gasteiger partial charge is 0.231 e. The molecule has 4 aromatic rings. The van der Waals surface area contributed by atoms with Gasteiger partial charge in [-0.2, -0.15) is 4.57 Å². The SMILES string of the molecule is COc1ccc2cc3[n+](cc2c1OCc1cn([C@@H]2O[C@H](CO)[C@@H](O)[C@H]2O)nn1)CCc1cc2c(cc1-3)OCO2.[Cl-]. The van der Waals surface area contributed by atoms with Crippen LogP contribution in [0.5, 0.6) is 23.0 Å². The maximum Gasteiger partial charge on any atom is 0.231 e. The molecule has 0 spiro atoms. The first-order valence-corrected chi connectivity index (χ1v) is 12.7. The van der Waals surface area contributed by atoms with Crippen LogP contribution < -0.4 is 35.9 Å². The normalized spacial score (nSPS) is 22.5. The van der Waals surface area contributed by atoms with Crippen LogP contribution in [0.1, 0.15) is 17.5 Å². The van der Waals surface area contributed by atoms with Crippen molar-refractivity contribution >= 4 is 10.8 Å². The summed E-state index contributed by atoms with van der Waals surface area (Å²) in [5.74, 6) is 2.70. The van der Waals surface area contributed by atoms with Gasteiger partial charge in [0.25, 0.3) is 0 Å². The number of hydrogen-bond donors (Lipinski definition) is 3. The van der Waals surface area contributed by atoms with E-state index in [-0.39, 0.29) is 25.8 Å². The highest BCUT2D eigenvalue weighted by Gasteiger charge is 2.44. The van der Waals surface area contributed by atoms with E-state index in [0.717, 1.165) is 46.5 Å². The quantitative estimate of drug-likeness (QED) is 0.220. The summed E-state index contributed by atoms with van der Waals surface area (Å²) >= 11 is 0. The van der Waals surface area contributed by atoms with Gasteiger partial charge >= 0.3 is 0 Å². The first-order chi connectivity index (χ1) is 19.0. The van der Waals surface area contributed by atoms with Crippen molar-refractivity contribution < 1.29 is 56.0 Å². The number of aromatic nitrogens is 4. The molecule has 1 fully saturated rings. The standard InChI is InChI=1S/C27H27N4O8.ClH/c1-35-20-3-2-14-6-19-17-8-22-21(37-13-38-22)7-15(17)4-5-30(19)10-18(14)26(20)36-12-16-9-31(29-28-16)27-25(34)24(33)23(11-32)39-27;/h2-3,6-10,23-25,27,32-34H,4-5,11-13H2,1H3;1H/q+1;/p-1/t23-,24-,25-,27-;/m1./s1. The molecule has 12 nitrogen and oxygen atoms in total. The molecular formula is C27H27ClN4O8. The summed E-state index contributed by atoms with van der Waals surface area (Å²) < 4.78 is 32.1. The molecule has 0 saturated carbocycles. The molecule has 13 heteroatoms. The first-order valence-electron chi connectivity index (χ1n) is 12.7. The number of nitrogens with zero attached hydrogens (tertiary/aromatic N) is 4. The summed E-state index contributed by atoms with van der Waals surface area (Å²) in [5, 5.41) is 39.7. The van der Waals surface area contributed by atoms with Crippen molar-refractivity contribution in [1.29, 1.82) is 0 Å². The fourth-order valence-electron chi connectivity index (χ4n) is 5.46. The lowest BCUT2D eigenvalue weighted by molar-refractivity contribution is -0.686. The zero-order valence-electron chi connectivity index (χ0n) is 21.4. The lowest BCUT2D eigenvalue weighted by Crippen LogP contribution is -3.00. The Morgan fingerprint density at radius 3 is 2.73 bits per heavy atom. The monoisotopic (exact) mass is 570 g/mol. The Kier molecular flexibility index (Phi) is 6.88. The van der Waals surface area contributed by atoms with E-state index in [1.807, 2.05) is 18.2 Å². The van der Waals surface area contributed by atoms with E-state index in [1.54, 1.807) is 13.3 Å². The van der Waals surface area contributed by atoms with Gasteiger partial charge in [-0.1, -0.05) is 5.21 Å². The molecular weight excluding hydrogens is 544 g/mol. The molecule has 3 aliphatic heterocycles. The van der Waals surface area contributed by atoms with E-state index in [4.69, 9.17) is 23.7 Å². The van der Waals surface area contributed by atoms with Gasteiger partial charge in [0.15, 0.2) is 42.0 Å². The summed E-state index contributed by atoms with van der Waals surface area (Å²) in [6.45, 7) is 0.702. The Morgan fingerprint density at radius 1 is 1.12 bits per heavy atom. The Bertz CT molecular complexity index is 1580. The Labute approximate surface area is 234 Å². The highest BCUT2D eigenvalue weighted by atomic mass is 35.5. The van der Waals surface area contributed by atoms with Crippen LogP contribution in [0.2, 0.25) is 0 Å². The van der Waals surface area contributed by atoms with E-state index < -0.39 is 31.1 Å². The molecule has 1 saturated heterocycles. The van der Waals surface area contributed by atoms with Crippen molar-refractivity contribution in [2.75, 3.05) is 20.5 Å². The number of pyridine rings is 1. The van der Waals surface area contributed by atoms with Crippen LogP contribution >= 0.6 is 0 Å². The summed E-state index contributed by atoms with van der Waals surface area (Å²) in [5.41, 5.74) is 3.91. The molecule has 3 aliphatic rings. The number of fused-ring (bicyclic) bond motifs is 5. The molecule has 4 atom stereocenters. The number of aryl methyl sites for hydroxylation is 2. The lowest BCUT2D eigenvalue weighted by atomic mass is 9.95. The van der Waals surface area contributed by atoms with Crippen LogP contribution in [0.15, 0.2) is 42.7 Å². The zero-order chi connectivity index (χ0) is 26.7. The Balaban J connectivity index is 0.00000289. The molecule has 0 amide bonds.